The van der Waals surface area contributed by atoms with Crippen molar-refractivity contribution in [3.05, 3.63) is 58.1 Å². The second-order valence-corrected chi connectivity index (χ2v) is 8.45. The molecule has 1 unspecified atom stereocenters. The van der Waals surface area contributed by atoms with E-state index in [4.69, 9.17) is 16.4 Å². The van der Waals surface area contributed by atoms with Gasteiger partial charge in [-0.15, -0.1) is 0 Å². The van der Waals surface area contributed by atoms with Crippen LogP contribution in [0.25, 0.3) is 11.1 Å². The minimum Gasteiger partial charge on any atom is -0.343 e. The number of nitrogens with one attached hydrogen (secondary N) is 1. The number of halogens is 1. The molecule has 2 fully saturated rings. The van der Waals surface area contributed by atoms with Crippen LogP contribution in [0, 0.1) is 13.8 Å². The van der Waals surface area contributed by atoms with Crippen LogP contribution in [0.15, 0.2) is 36.4 Å². The van der Waals surface area contributed by atoms with E-state index < -0.39 is 11.5 Å². The van der Waals surface area contributed by atoms with E-state index in [0.717, 1.165) is 27.8 Å². The van der Waals surface area contributed by atoms with Gasteiger partial charge in [-0.05, 0) is 72.7 Å². The van der Waals surface area contributed by atoms with Crippen molar-refractivity contribution in [3.63, 3.8) is 0 Å². The molecule has 2 aliphatic heterocycles. The number of piperidine rings is 1. The third-order valence-electron chi connectivity index (χ3n) is 6.27. The molecule has 1 atom stereocenters. The topological polar surface area (TPSA) is 58.6 Å². The molecule has 0 radical (unpaired) electrons. The Kier molecular flexibility index (Phi) is 5.23. The van der Waals surface area contributed by atoms with Gasteiger partial charge in [0.05, 0.1) is 7.11 Å². The van der Waals surface area contributed by atoms with Crippen LogP contribution in [-0.2, 0) is 14.4 Å². The summed E-state index contributed by atoms with van der Waals surface area (Å²) in [7, 11) is 1.63. The summed E-state index contributed by atoms with van der Waals surface area (Å²) in [5.41, 5.74) is 4.09. The second kappa shape index (κ2) is 7.56. The van der Waals surface area contributed by atoms with Crippen LogP contribution in [0.4, 0.5) is 0 Å². The van der Waals surface area contributed by atoms with Crippen molar-refractivity contribution < 1.29 is 14.4 Å². The number of hydroxylamine groups is 2. The summed E-state index contributed by atoms with van der Waals surface area (Å²) in [6.45, 7) is 5.25. The van der Waals surface area contributed by atoms with Gasteiger partial charge in [-0.25, -0.2) is 0 Å². The van der Waals surface area contributed by atoms with E-state index in [1.165, 1.54) is 0 Å². The number of nitrogens with zero attached hydrogens (tertiary/aromatic N) is 1. The van der Waals surface area contributed by atoms with Crippen molar-refractivity contribution in [3.8, 4) is 11.1 Å². The van der Waals surface area contributed by atoms with Crippen LogP contribution in [0.1, 0.15) is 35.4 Å². The zero-order valence-corrected chi connectivity index (χ0v) is 17.7. The zero-order valence-electron chi connectivity index (χ0n) is 16.9. The summed E-state index contributed by atoms with van der Waals surface area (Å²) in [5.74, 6) is -0.988. The van der Waals surface area contributed by atoms with E-state index in [2.05, 4.69) is 11.4 Å². The van der Waals surface area contributed by atoms with E-state index in [1.54, 1.807) is 7.11 Å². The Hall–Kier alpha value is -2.21. The Morgan fingerprint density at radius 3 is 2.34 bits per heavy atom. The molecule has 0 saturated carbocycles. The van der Waals surface area contributed by atoms with Crippen LogP contribution in [0.5, 0.6) is 0 Å². The molecule has 0 bridgehead atoms. The molecule has 152 valence electrons. The molecule has 29 heavy (non-hydrogen) atoms. The monoisotopic (exact) mass is 412 g/mol. The van der Waals surface area contributed by atoms with Crippen LogP contribution < -0.4 is 5.32 Å². The number of rotatable bonds is 3. The lowest BCUT2D eigenvalue weighted by Gasteiger charge is -2.36. The molecular weight excluding hydrogens is 388 g/mol. The van der Waals surface area contributed by atoms with Gasteiger partial charge < -0.3 is 10.2 Å². The van der Waals surface area contributed by atoms with Crippen molar-refractivity contribution in [1.82, 2.24) is 10.4 Å². The van der Waals surface area contributed by atoms with Crippen molar-refractivity contribution in [2.24, 2.45) is 0 Å². The zero-order chi connectivity index (χ0) is 20.8. The fourth-order valence-electron chi connectivity index (χ4n) is 4.59. The first kappa shape index (κ1) is 20.1. The smallest absolute Gasteiger partial charge is 0.235 e. The highest BCUT2D eigenvalue weighted by molar-refractivity contribution is 6.30. The molecule has 0 aromatic heterocycles. The first-order valence-electron chi connectivity index (χ1n) is 9.87. The van der Waals surface area contributed by atoms with Gasteiger partial charge in [-0.2, -0.15) is 5.06 Å². The van der Waals surface area contributed by atoms with E-state index in [0.29, 0.717) is 31.0 Å². The SMILES string of the molecule is CON1CCC2(CC1)NC(=O)C(c1cc(-c3ccc(Cl)cc3)c(C)cc1C)C2=O. The average molecular weight is 413 g/mol. The maximum Gasteiger partial charge on any atom is 0.235 e. The molecule has 6 heteroatoms. The van der Waals surface area contributed by atoms with Gasteiger partial charge in [0.25, 0.3) is 0 Å². The number of ketones is 1. The number of aryl methyl sites for hydroxylation is 2. The highest BCUT2D eigenvalue weighted by Gasteiger charge is 2.54. The van der Waals surface area contributed by atoms with Crippen molar-refractivity contribution in [1.29, 1.82) is 0 Å². The fraction of sp³-hybridized carbons (Fsp3) is 0.391. The number of Topliss-reactive ketones (excluding diaryl/α,β-unsaturated/α-hetero) is 1. The summed E-state index contributed by atoms with van der Waals surface area (Å²) >= 11 is 6.03. The molecule has 0 aliphatic carbocycles. The van der Waals surface area contributed by atoms with Gasteiger partial charge in [-0.1, -0.05) is 29.8 Å². The maximum atomic E-state index is 13.5. The molecular formula is C23H25ClN2O3. The third kappa shape index (κ3) is 3.48. The van der Waals surface area contributed by atoms with Crippen LogP contribution in [0.2, 0.25) is 5.02 Å². The quantitative estimate of drug-likeness (QED) is 0.779. The Bertz CT molecular complexity index is 963. The van der Waals surface area contributed by atoms with Gasteiger partial charge >= 0.3 is 0 Å². The maximum absolute atomic E-state index is 13.5. The number of benzene rings is 2. The summed E-state index contributed by atoms with van der Waals surface area (Å²) in [4.78, 5) is 31.7. The predicted octanol–water partition coefficient (Wildman–Crippen LogP) is 3.80. The van der Waals surface area contributed by atoms with Gasteiger partial charge in [0, 0.05) is 18.1 Å². The first-order valence-corrected chi connectivity index (χ1v) is 10.2. The van der Waals surface area contributed by atoms with Crippen molar-refractivity contribution in [2.45, 2.75) is 38.1 Å². The molecule has 1 amide bonds. The number of hydrogen-bond acceptors (Lipinski definition) is 4. The van der Waals surface area contributed by atoms with Crippen LogP contribution in [0.3, 0.4) is 0 Å². The number of amides is 1. The minimum atomic E-state index is -0.783. The molecule has 2 saturated heterocycles. The normalized spacial score (nSPS) is 21.6. The van der Waals surface area contributed by atoms with Crippen LogP contribution in [-0.4, -0.2) is 42.5 Å². The van der Waals surface area contributed by atoms with Crippen molar-refractivity contribution >= 4 is 23.3 Å². The Morgan fingerprint density at radius 2 is 1.72 bits per heavy atom. The lowest BCUT2D eigenvalue weighted by molar-refractivity contribution is -0.157. The molecule has 2 aromatic rings. The van der Waals surface area contributed by atoms with Gasteiger partial charge in [0.15, 0.2) is 5.78 Å². The second-order valence-electron chi connectivity index (χ2n) is 8.01. The van der Waals surface area contributed by atoms with E-state index in [-0.39, 0.29) is 11.7 Å². The Balaban J connectivity index is 1.71. The Morgan fingerprint density at radius 1 is 1.07 bits per heavy atom. The molecule has 1 N–H and O–H groups in total. The van der Waals surface area contributed by atoms with E-state index in [1.807, 2.05) is 49.2 Å². The molecule has 2 aliphatic rings. The molecule has 1 spiro atoms. The first-order chi connectivity index (χ1) is 13.8. The summed E-state index contributed by atoms with van der Waals surface area (Å²) in [6, 6.07) is 11.7. The van der Waals surface area contributed by atoms with Gasteiger partial charge in [-0.3, -0.25) is 9.59 Å². The molecule has 2 heterocycles. The molecule has 2 aromatic carbocycles. The standard InChI is InChI=1S/C23H25ClN2O3/c1-14-12-15(2)19(13-18(14)16-4-6-17(24)7-5-16)20-21(27)23(25-22(20)28)8-10-26(29-3)11-9-23/h4-7,12-13,20H,8-11H2,1-3H3,(H,25,28). The van der Waals surface area contributed by atoms with Crippen molar-refractivity contribution in [2.75, 3.05) is 20.2 Å². The van der Waals surface area contributed by atoms with Crippen LogP contribution >= 0.6 is 11.6 Å². The number of hydrogen-bond donors (Lipinski definition) is 1. The van der Waals surface area contributed by atoms with E-state index >= 15 is 0 Å². The average Bonchev–Trinajstić information content (AvgIpc) is 2.93. The predicted molar refractivity (Wildman–Crippen MR) is 113 cm³/mol. The lowest BCUT2D eigenvalue weighted by Crippen LogP contribution is -2.54. The minimum absolute atomic E-state index is 0.0211. The van der Waals surface area contributed by atoms with Gasteiger partial charge in [0.2, 0.25) is 5.91 Å². The van der Waals surface area contributed by atoms with Gasteiger partial charge in [0.1, 0.15) is 11.5 Å². The number of carbonyl (C=O) groups is 2. The highest BCUT2D eigenvalue weighted by atomic mass is 35.5. The fourth-order valence-corrected chi connectivity index (χ4v) is 4.72. The summed E-state index contributed by atoms with van der Waals surface area (Å²) < 4.78 is 0. The summed E-state index contributed by atoms with van der Waals surface area (Å²) in [6.07, 6.45) is 1.13. The van der Waals surface area contributed by atoms with E-state index in [9.17, 15) is 9.59 Å². The largest absolute Gasteiger partial charge is 0.343 e. The third-order valence-corrected chi connectivity index (χ3v) is 6.52. The summed E-state index contributed by atoms with van der Waals surface area (Å²) in [5, 5.41) is 5.53. The molecule has 5 nitrogen and oxygen atoms in total. The Labute approximate surface area is 175 Å². The molecule has 4 rings (SSSR count). The lowest BCUT2D eigenvalue weighted by atomic mass is 9.79. The highest BCUT2D eigenvalue weighted by Crippen LogP contribution is 2.39. The number of carbonyl (C=O) groups excluding carboxylic acids is 2.